The molecular weight excluding hydrogens is 572 g/mol. The Hall–Kier alpha value is -4.59. The summed E-state index contributed by atoms with van der Waals surface area (Å²) in [4.78, 5) is 28.9. The zero-order valence-electron chi connectivity index (χ0n) is 27.2. The first-order chi connectivity index (χ1) is 22.1. The second-order valence-corrected chi connectivity index (χ2v) is 14.4. The third kappa shape index (κ3) is 6.13. The minimum Gasteiger partial charge on any atom is -0.373 e. The van der Waals surface area contributed by atoms with Crippen LogP contribution >= 0.6 is 0 Å². The lowest BCUT2D eigenvalue weighted by atomic mass is 9.85. The van der Waals surface area contributed by atoms with E-state index in [2.05, 4.69) is 72.8 Å². The lowest BCUT2D eigenvalue weighted by Gasteiger charge is -2.40. The van der Waals surface area contributed by atoms with Gasteiger partial charge in [0.1, 0.15) is 11.9 Å². The van der Waals surface area contributed by atoms with Crippen LogP contribution in [0.15, 0.2) is 78.9 Å². The van der Waals surface area contributed by atoms with Gasteiger partial charge in [0.05, 0.1) is 11.4 Å². The predicted molar refractivity (Wildman–Crippen MR) is 184 cm³/mol. The molecule has 3 amide bonds. The monoisotopic (exact) mass is 616 g/mol. The van der Waals surface area contributed by atoms with Gasteiger partial charge in [-0.25, -0.2) is 9.48 Å². The number of anilines is 3. The number of piperidine rings is 1. The van der Waals surface area contributed by atoms with Crippen LogP contribution in [0.25, 0.3) is 5.69 Å². The van der Waals surface area contributed by atoms with Crippen LogP contribution in [-0.4, -0.2) is 44.7 Å². The van der Waals surface area contributed by atoms with Gasteiger partial charge in [0.15, 0.2) is 0 Å². The molecule has 0 spiro atoms. The third-order valence-electron chi connectivity index (χ3n) is 9.89. The molecule has 3 aromatic carbocycles. The number of fused-ring (bicyclic) bond motifs is 3. The number of rotatable bonds is 6. The summed E-state index contributed by atoms with van der Waals surface area (Å²) in [6.07, 6.45) is 6.07. The van der Waals surface area contributed by atoms with Crippen molar-refractivity contribution in [2.75, 3.05) is 16.0 Å². The Kier molecular flexibility index (Phi) is 7.83. The number of nitrogens with zero attached hydrogens (tertiary/aromatic N) is 3. The number of aromatic nitrogens is 2. The van der Waals surface area contributed by atoms with Crippen molar-refractivity contribution < 1.29 is 9.59 Å². The molecule has 3 N–H and O–H groups in total. The second-order valence-electron chi connectivity index (χ2n) is 14.4. The number of amides is 3. The average molecular weight is 617 g/mol. The van der Waals surface area contributed by atoms with Crippen LogP contribution in [-0.2, 0) is 23.1 Å². The number of benzene rings is 3. The van der Waals surface area contributed by atoms with E-state index in [-0.39, 0.29) is 23.4 Å². The number of nitrogens with one attached hydrogen (secondary N) is 3. The molecule has 2 fully saturated rings. The van der Waals surface area contributed by atoms with Crippen molar-refractivity contribution in [2.45, 2.75) is 89.8 Å². The molecule has 3 aliphatic rings. The first-order valence-corrected chi connectivity index (χ1v) is 16.6. The van der Waals surface area contributed by atoms with Crippen LogP contribution in [0.2, 0.25) is 0 Å². The molecule has 46 heavy (non-hydrogen) atoms. The van der Waals surface area contributed by atoms with E-state index in [0.29, 0.717) is 23.8 Å². The minimum absolute atomic E-state index is 0.141. The van der Waals surface area contributed by atoms with Crippen molar-refractivity contribution in [1.29, 1.82) is 0 Å². The first-order valence-electron chi connectivity index (χ1n) is 16.6. The first kappa shape index (κ1) is 30.1. The fraction of sp³-hybridized carbons (Fsp3) is 0.395. The largest absolute Gasteiger partial charge is 0.373 e. The van der Waals surface area contributed by atoms with Gasteiger partial charge in [0.25, 0.3) is 0 Å². The van der Waals surface area contributed by atoms with Gasteiger partial charge in [0, 0.05) is 41.4 Å². The van der Waals surface area contributed by atoms with E-state index >= 15 is 0 Å². The predicted octanol–water partition coefficient (Wildman–Crippen LogP) is 7.47. The summed E-state index contributed by atoms with van der Waals surface area (Å²) in [6.45, 7) is 8.39. The molecule has 8 nitrogen and oxygen atoms in total. The summed E-state index contributed by atoms with van der Waals surface area (Å²) in [6, 6.07) is 26.7. The maximum Gasteiger partial charge on any atom is 0.324 e. The van der Waals surface area contributed by atoms with Gasteiger partial charge in [-0.15, -0.1) is 0 Å². The highest BCUT2D eigenvalue weighted by Gasteiger charge is 2.45. The third-order valence-corrected chi connectivity index (χ3v) is 9.89. The van der Waals surface area contributed by atoms with Gasteiger partial charge >= 0.3 is 6.03 Å². The van der Waals surface area contributed by atoms with E-state index < -0.39 is 0 Å². The highest BCUT2D eigenvalue weighted by Crippen LogP contribution is 2.41. The molecule has 3 atom stereocenters. The molecule has 0 radical (unpaired) electrons. The Morgan fingerprint density at radius 2 is 1.61 bits per heavy atom. The van der Waals surface area contributed by atoms with E-state index in [4.69, 9.17) is 5.10 Å². The van der Waals surface area contributed by atoms with Gasteiger partial charge in [-0.2, -0.15) is 5.10 Å². The Morgan fingerprint density at radius 3 is 2.28 bits per heavy atom. The molecule has 1 aromatic heterocycles. The van der Waals surface area contributed by atoms with Crippen molar-refractivity contribution in [3.63, 3.8) is 0 Å². The van der Waals surface area contributed by atoms with Crippen LogP contribution in [0.5, 0.6) is 0 Å². The Bertz CT molecular complexity index is 1700. The number of carbonyl (C=O) groups excluding carboxylic acids is 2. The summed E-state index contributed by atoms with van der Waals surface area (Å²) < 4.78 is 1.79. The summed E-state index contributed by atoms with van der Waals surface area (Å²) in [5.74, 6) is 1.44. The number of aryl methyl sites for hydroxylation is 1. The number of carbonyl (C=O) groups is 2. The number of hydrogen-bond donors (Lipinski definition) is 3. The Balaban J connectivity index is 0.953. The smallest absolute Gasteiger partial charge is 0.324 e. The number of para-hydroxylation sites is 1. The van der Waals surface area contributed by atoms with Crippen LogP contribution in [0.4, 0.5) is 22.0 Å². The Morgan fingerprint density at radius 1 is 0.913 bits per heavy atom. The summed E-state index contributed by atoms with van der Waals surface area (Å²) in [5, 5.41) is 14.3. The topological polar surface area (TPSA) is 91.3 Å². The van der Waals surface area contributed by atoms with Crippen molar-refractivity contribution in [2.24, 2.45) is 5.92 Å². The maximum absolute atomic E-state index is 13.6. The molecule has 7 rings (SSSR count). The summed E-state index contributed by atoms with van der Waals surface area (Å²) in [5.41, 5.74) is 7.13. The fourth-order valence-electron chi connectivity index (χ4n) is 7.50. The summed E-state index contributed by atoms with van der Waals surface area (Å²) in [7, 11) is 0. The summed E-state index contributed by atoms with van der Waals surface area (Å²) >= 11 is 0. The lowest BCUT2D eigenvalue weighted by Crippen LogP contribution is -2.52. The molecule has 238 valence electrons. The zero-order valence-corrected chi connectivity index (χ0v) is 27.2. The van der Waals surface area contributed by atoms with Crippen molar-refractivity contribution >= 4 is 29.1 Å². The van der Waals surface area contributed by atoms with E-state index in [1.54, 1.807) is 4.68 Å². The van der Waals surface area contributed by atoms with Crippen molar-refractivity contribution in [3.05, 3.63) is 101 Å². The minimum atomic E-state index is -0.310. The fourth-order valence-corrected chi connectivity index (χ4v) is 7.50. The quantitative estimate of drug-likeness (QED) is 0.210. The number of urea groups is 1. The van der Waals surface area contributed by atoms with Crippen LogP contribution in [0.3, 0.4) is 0 Å². The second kappa shape index (κ2) is 12.0. The molecule has 2 bridgehead atoms. The maximum atomic E-state index is 13.6. The molecular formula is C38H44N6O2. The molecule has 4 heterocycles. The van der Waals surface area contributed by atoms with Crippen molar-refractivity contribution in [3.8, 4) is 5.69 Å². The lowest BCUT2D eigenvalue weighted by molar-refractivity contribution is -0.137. The Labute approximate surface area is 271 Å². The number of hydrogen-bond acceptors (Lipinski definition) is 4. The molecule has 0 saturated carbocycles. The molecule has 3 aliphatic heterocycles. The zero-order chi connectivity index (χ0) is 32.0. The molecule has 3 unspecified atom stereocenters. The van der Waals surface area contributed by atoms with E-state index in [9.17, 15) is 9.59 Å². The van der Waals surface area contributed by atoms with E-state index in [1.165, 1.54) is 16.7 Å². The van der Waals surface area contributed by atoms with Gasteiger partial charge in [0.2, 0.25) is 5.91 Å². The highest BCUT2D eigenvalue weighted by molar-refractivity contribution is 5.99. The SMILES string of the molecule is Cc1ccc(-n2nc(C(C)(C)C)cc2NC(=O)Nc2ccc(CC3CC4CCC(C3)N4C(=O)C3Cc4ccccc4N3)cc2)cc1. The van der Waals surface area contributed by atoms with Gasteiger partial charge in [-0.3, -0.25) is 10.1 Å². The molecule has 8 heteroatoms. The van der Waals surface area contributed by atoms with Gasteiger partial charge < -0.3 is 15.5 Å². The average Bonchev–Trinajstić information content (AvgIpc) is 3.72. The van der Waals surface area contributed by atoms with Crippen LogP contribution < -0.4 is 16.0 Å². The van der Waals surface area contributed by atoms with Gasteiger partial charge in [-0.1, -0.05) is 68.8 Å². The van der Waals surface area contributed by atoms with E-state index in [0.717, 1.165) is 61.3 Å². The van der Waals surface area contributed by atoms with Crippen LogP contribution in [0, 0.1) is 12.8 Å². The highest BCUT2D eigenvalue weighted by atomic mass is 16.2. The molecule has 2 saturated heterocycles. The van der Waals surface area contributed by atoms with Crippen LogP contribution in [0.1, 0.15) is 68.8 Å². The normalized spacial score (nSPS) is 21.9. The van der Waals surface area contributed by atoms with Gasteiger partial charge in [-0.05, 0) is 86.4 Å². The van der Waals surface area contributed by atoms with E-state index in [1.807, 2.05) is 54.6 Å². The molecule has 0 aliphatic carbocycles. The molecule has 4 aromatic rings. The van der Waals surface area contributed by atoms with Crippen molar-refractivity contribution in [1.82, 2.24) is 14.7 Å². The standard InChI is InChI=1S/C38H44N6O2/c1-24-9-15-29(16-10-24)44-35(23-34(42-44)38(2,3)4)41-37(46)39-28-13-11-25(12-14-28)19-26-20-30-17-18-31(21-26)43(30)36(45)33-22-27-7-5-6-8-32(27)40-33/h5-16,23,26,30-31,33,40H,17-22H2,1-4H3,(H2,39,41,46).